The van der Waals surface area contributed by atoms with Crippen molar-refractivity contribution in [3.63, 3.8) is 0 Å². The lowest BCUT2D eigenvalue weighted by atomic mass is 10.2. The van der Waals surface area contributed by atoms with Crippen molar-refractivity contribution in [1.82, 2.24) is 0 Å². The summed E-state index contributed by atoms with van der Waals surface area (Å²) < 4.78 is 8.81. The molecule has 1 aromatic rings. The van der Waals surface area contributed by atoms with Crippen molar-refractivity contribution in [1.29, 1.82) is 0 Å². The number of benzene rings is 1. The Hall–Kier alpha value is -2.31. The number of nitrogens with two attached hydrogens (primary N) is 1. The molecule has 0 spiro atoms. The smallest absolute Gasteiger partial charge is 0.437 e. The molecular weight excluding hydrogens is 204 g/mol. The molecule has 15 heavy (non-hydrogen) atoms. The molecule has 2 N–H and O–H groups in total. The van der Waals surface area contributed by atoms with Crippen LogP contribution in [0.3, 0.4) is 0 Å². The minimum Gasteiger partial charge on any atom is -0.437 e. The van der Waals surface area contributed by atoms with E-state index in [2.05, 4.69) is 9.47 Å². The van der Waals surface area contributed by atoms with Crippen LogP contribution in [0.2, 0.25) is 0 Å². The first-order valence-corrected chi connectivity index (χ1v) is 3.84. The van der Waals surface area contributed by atoms with E-state index in [0.29, 0.717) is 0 Å². The van der Waals surface area contributed by atoms with Crippen molar-refractivity contribution in [2.45, 2.75) is 0 Å². The Bertz CT molecular complexity index is 404. The molecule has 0 bridgehead atoms. The van der Waals surface area contributed by atoms with Crippen LogP contribution in [-0.2, 0) is 4.74 Å². The third-order valence-corrected chi connectivity index (χ3v) is 1.57. The third kappa shape index (κ3) is 2.56. The standard InChI is InChI=1S/C8H8N2O5/c1-14-8(11)15-5-2-3-6(9)7(4-5)10(12)13/h2-4H,9H2,1H3. The normalized spacial score (nSPS) is 9.40. The second-order valence-electron chi connectivity index (χ2n) is 2.53. The molecule has 1 rings (SSSR count). The number of rotatable bonds is 2. The van der Waals surface area contributed by atoms with E-state index in [0.717, 1.165) is 13.2 Å². The second kappa shape index (κ2) is 4.27. The van der Waals surface area contributed by atoms with E-state index in [4.69, 9.17) is 5.73 Å². The summed E-state index contributed by atoms with van der Waals surface area (Å²) in [6.07, 6.45) is -0.950. The van der Waals surface area contributed by atoms with Gasteiger partial charge in [0.15, 0.2) is 0 Å². The first-order valence-electron chi connectivity index (χ1n) is 3.84. The lowest BCUT2D eigenvalue weighted by Gasteiger charge is -2.03. The van der Waals surface area contributed by atoms with Crippen LogP contribution in [0.25, 0.3) is 0 Å². The molecular formula is C8H8N2O5. The molecule has 1 aromatic carbocycles. The summed E-state index contributed by atoms with van der Waals surface area (Å²) in [5, 5.41) is 10.5. The minimum atomic E-state index is -0.950. The van der Waals surface area contributed by atoms with Gasteiger partial charge in [0.2, 0.25) is 0 Å². The Labute approximate surface area is 84.5 Å². The summed E-state index contributed by atoms with van der Waals surface area (Å²) in [4.78, 5) is 20.5. The summed E-state index contributed by atoms with van der Waals surface area (Å²) in [5.41, 5.74) is 5.01. The second-order valence-corrected chi connectivity index (χ2v) is 2.53. The average molecular weight is 212 g/mol. The van der Waals surface area contributed by atoms with E-state index >= 15 is 0 Å². The molecule has 0 amide bonds. The summed E-state index contributed by atoms with van der Waals surface area (Å²) >= 11 is 0. The number of nitro groups is 1. The van der Waals surface area contributed by atoms with Gasteiger partial charge in [-0.3, -0.25) is 10.1 Å². The molecule has 0 aliphatic carbocycles. The molecule has 0 unspecified atom stereocenters. The van der Waals surface area contributed by atoms with Crippen LogP contribution in [0.15, 0.2) is 18.2 Å². The van der Waals surface area contributed by atoms with Crippen LogP contribution in [-0.4, -0.2) is 18.2 Å². The molecule has 7 heteroatoms. The monoisotopic (exact) mass is 212 g/mol. The number of ether oxygens (including phenoxy) is 2. The zero-order chi connectivity index (χ0) is 11.4. The average Bonchev–Trinajstić information content (AvgIpc) is 2.20. The Morgan fingerprint density at radius 3 is 2.73 bits per heavy atom. The zero-order valence-corrected chi connectivity index (χ0v) is 7.80. The molecule has 0 aliphatic rings. The maximum atomic E-state index is 10.7. The van der Waals surface area contributed by atoms with Gasteiger partial charge >= 0.3 is 6.16 Å². The van der Waals surface area contributed by atoms with Crippen molar-refractivity contribution in [3.8, 4) is 5.75 Å². The summed E-state index contributed by atoms with van der Waals surface area (Å²) in [6.45, 7) is 0. The number of hydrogen-bond donors (Lipinski definition) is 1. The van der Waals surface area contributed by atoms with Gasteiger partial charge in [-0.15, -0.1) is 0 Å². The fraction of sp³-hybridized carbons (Fsp3) is 0.125. The van der Waals surface area contributed by atoms with Gasteiger partial charge < -0.3 is 15.2 Å². The van der Waals surface area contributed by atoms with E-state index in [9.17, 15) is 14.9 Å². The van der Waals surface area contributed by atoms with Crippen LogP contribution in [0.1, 0.15) is 0 Å². The third-order valence-electron chi connectivity index (χ3n) is 1.57. The maximum Gasteiger partial charge on any atom is 0.513 e. The largest absolute Gasteiger partial charge is 0.513 e. The molecule has 0 atom stereocenters. The molecule has 0 saturated heterocycles. The van der Waals surface area contributed by atoms with Gasteiger partial charge in [0.25, 0.3) is 5.69 Å². The molecule has 0 radical (unpaired) electrons. The first kappa shape index (κ1) is 10.8. The minimum absolute atomic E-state index is 0.00255. The van der Waals surface area contributed by atoms with Crippen LogP contribution in [0.5, 0.6) is 5.75 Å². The summed E-state index contributed by atoms with van der Waals surface area (Å²) in [5.74, 6) is 0.00255. The number of hydrogen-bond acceptors (Lipinski definition) is 6. The van der Waals surface area contributed by atoms with Crippen molar-refractivity contribution >= 4 is 17.5 Å². The summed E-state index contributed by atoms with van der Waals surface area (Å²) in [7, 11) is 1.13. The highest BCUT2D eigenvalue weighted by Gasteiger charge is 2.14. The van der Waals surface area contributed by atoms with Crippen molar-refractivity contribution in [2.75, 3.05) is 12.8 Å². The van der Waals surface area contributed by atoms with Gasteiger partial charge in [-0.1, -0.05) is 0 Å². The topological polar surface area (TPSA) is 105 Å². The highest BCUT2D eigenvalue weighted by molar-refractivity contribution is 5.66. The van der Waals surface area contributed by atoms with Gasteiger partial charge in [0.05, 0.1) is 18.1 Å². The molecule has 0 saturated carbocycles. The van der Waals surface area contributed by atoms with Crippen molar-refractivity contribution in [3.05, 3.63) is 28.3 Å². The van der Waals surface area contributed by atoms with Gasteiger partial charge in [-0.2, -0.15) is 0 Å². The molecule has 0 aliphatic heterocycles. The van der Waals surface area contributed by atoms with E-state index < -0.39 is 11.1 Å². The van der Waals surface area contributed by atoms with E-state index in [-0.39, 0.29) is 17.1 Å². The molecule has 0 fully saturated rings. The molecule has 0 heterocycles. The van der Waals surface area contributed by atoms with E-state index in [1.165, 1.54) is 12.1 Å². The Balaban J connectivity index is 2.97. The molecule has 80 valence electrons. The van der Waals surface area contributed by atoms with Crippen LogP contribution in [0.4, 0.5) is 16.2 Å². The number of nitro benzene ring substituents is 1. The molecule has 7 nitrogen and oxygen atoms in total. The van der Waals surface area contributed by atoms with Gasteiger partial charge in [-0.05, 0) is 12.1 Å². The van der Waals surface area contributed by atoms with Crippen molar-refractivity contribution in [2.24, 2.45) is 0 Å². The predicted octanol–water partition coefficient (Wildman–Crippen LogP) is 1.32. The van der Waals surface area contributed by atoms with Crippen LogP contribution < -0.4 is 10.5 Å². The van der Waals surface area contributed by atoms with Crippen molar-refractivity contribution < 1.29 is 19.2 Å². The van der Waals surface area contributed by atoms with Gasteiger partial charge in [0, 0.05) is 0 Å². The van der Waals surface area contributed by atoms with Crippen LogP contribution >= 0.6 is 0 Å². The number of carbonyl (C=O) groups is 1. The lowest BCUT2D eigenvalue weighted by molar-refractivity contribution is -0.383. The number of carbonyl (C=O) groups excluding carboxylic acids is 1. The van der Waals surface area contributed by atoms with E-state index in [1.54, 1.807) is 0 Å². The maximum absolute atomic E-state index is 10.7. The van der Waals surface area contributed by atoms with Crippen LogP contribution in [0, 0.1) is 10.1 Å². The Morgan fingerprint density at radius 2 is 2.20 bits per heavy atom. The number of nitrogen functional groups attached to an aromatic ring is 1. The Kier molecular flexibility index (Phi) is 3.06. The highest BCUT2D eigenvalue weighted by atomic mass is 16.7. The number of anilines is 1. The predicted molar refractivity (Wildman–Crippen MR) is 50.5 cm³/mol. The Morgan fingerprint density at radius 1 is 1.53 bits per heavy atom. The van der Waals surface area contributed by atoms with Gasteiger partial charge in [-0.25, -0.2) is 4.79 Å². The fourth-order valence-electron chi connectivity index (χ4n) is 0.883. The van der Waals surface area contributed by atoms with Gasteiger partial charge in [0.1, 0.15) is 11.4 Å². The highest BCUT2D eigenvalue weighted by Crippen LogP contribution is 2.26. The first-order chi connectivity index (χ1) is 7.04. The zero-order valence-electron chi connectivity index (χ0n) is 7.80. The lowest BCUT2D eigenvalue weighted by Crippen LogP contribution is -2.07. The SMILES string of the molecule is COC(=O)Oc1ccc(N)c([N+](=O)[O-])c1. The van der Waals surface area contributed by atoms with E-state index in [1.807, 2.05) is 0 Å². The summed E-state index contributed by atoms with van der Waals surface area (Å²) in [6, 6.07) is 3.65. The number of nitrogens with zero attached hydrogens (tertiary/aromatic N) is 1. The molecule has 0 aromatic heterocycles. The number of methoxy groups -OCH3 is 1. The fourth-order valence-corrected chi connectivity index (χ4v) is 0.883. The quantitative estimate of drug-likeness (QED) is 0.260.